The van der Waals surface area contributed by atoms with Gasteiger partial charge in [-0.2, -0.15) is 0 Å². The van der Waals surface area contributed by atoms with Gasteiger partial charge in [0.1, 0.15) is 21.0 Å². The fourth-order valence-corrected chi connectivity index (χ4v) is 6.07. The number of ether oxygens (including phenoxy) is 3. The van der Waals surface area contributed by atoms with Gasteiger partial charge in [0.25, 0.3) is 5.56 Å². The molecule has 0 radical (unpaired) electrons. The van der Waals surface area contributed by atoms with Crippen molar-refractivity contribution in [2.24, 2.45) is 0 Å². The number of nitrogens with zero attached hydrogens (tertiary/aromatic N) is 3. The topological polar surface area (TPSA) is 75.5 Å². The Hall–Kier alpha value is -2.49. The number of methoxy groups -OCH3 is 2. The average molecular weight is 530 g/mol. The summed E-state index contributed by atoms with van der Waals surface area (Å²) >= 11 is 5.06. The van der Waals surface area contributed by atoms with E-state index in [0.717, 1.165) is 39.0 Å². The van der Waals surface area contributed by atoms with Crippen LogP contribution in [0.25, 0.3) is 20.4 Å². The van der Waals surface area contributed by atoms with Gasteiger partial charge >= 0.3 is 0 Å². The number of aromatic nitrogens is 3. The first kappa shape index (κ1) is 22.3. The molecule has 5 rings (SSSR count). The molecule has 4 aromatic rings. The summed E-state index contributed by atoms with van der Waals surface area (Å²) in [6.07, 6.45) is 2.35. The molecule has 172 valence electrons. The largest absolute Gasteiger partial charge is 0.497 e. The minimum absolute atomic E-state index is 0.0871. The number of alkyl halides is 1. The summed E-state index contributed by atoms with van der Waals surface area (Å²) < 4.78 is 19.1. The molecule has 3 aromatic heterocycles. The van der Waals surface area contributed by atoms with Crippen LogP contribution in [0.4, 0.5) is 0 Å². The lowest BCUT2D eigenvalue weighted by molar-refractivity contribution is -0.0413. The number of pyridine rings is 1. The van der Waals surface area contributed by atoms with Crippen LogP contribution < -0.4 is 15.0 Å². The Balaban J connectivity index is 1.65. The van der Waals surface area contributed by atoms with Crippen molar-refractivity contribution in [2.75, 3.05) is 14.2 Å². The van der Waals surface area contributed by atoms with E-state index in [0.29, 0.717) is 40.2 Å². The number of hydrogen-bond donors (Lipinski definition) is 0. The Bertz CT molecular complexity index is 1440. The molecule has 7 nitrogen and oxygen atoms in total. The van der Waals surface area contributed by atoms with E-state index in [-0.39, 0.29) is 11.2 Å². The molecule has 0 spiro atoms. The third-order valence-electron chi connectivity index (χ3n) is 6.07. The van der Waals surface area contributed by atoms with Crippen LogP contribution in [0, 0.1) is 0 Å². The van der Waals surface area contributed by atoms with E-state index in [4.69, 9.17) is 24.2 Å². The summed E-state index contributed by atoms with van der Waals surface area (Å²) in [4.78, 5) is 24.0. The maximum absolute atomic E-state index is 13.5. The monoisotopic (exact) mass is 529 g/mol. The Morgan fingerprint density at radius 2 is 2.09 bits per heavy atom. The molecule has 1 aliphatic rings. The molecule has 0 bridgehead atoms. The highest BCUT2D eigenvalue weighted by Crippen LogP contribution is 2.39. The lowest BCUT2D eigenvalue weighted by atomic mass is 9.93. The molecular formula is C24H24BrN3O4S. The zero-order chi connectivity index (χ0) is 23.3. The Labute approximate surface area is 203 Å². The van der Waals surface area contributed by atoms with Crippen molar-refractivity contribution in [3.8, 4) is 11.5 Å². The van der Waals surface area contributed by atoms with Crippen LogP contribution in [-0.4, -0.2) is 34.4 Å². The second-order valence-corrected chi connectivity index (χ2v) is 10.2. The van der Waals surface area contributed by atoms with E-state index in [1.165, 1.54) is 11.3 Å². The van der Waals surface area contributed by atoms with E-state index in [9.17, 15) is 4.79 Å². The minimum Gasteiger partial charge on any atom is -0.497 e. The number of fused-ring (bicyclic) bond motifs is 4. The van der Waals surface area contributed by atoms with E-state index < -0.39 is 0 Å². The van der Waals surface area contributed by atoms with Crippen LogP contribution in [-0.2, 0) is 29.6 Å². The highest BCUT2D eigenvalue weighted by Gasteiger charge is 2.30. The maximum Gasteiger partial charge on any atom is 0.271 e. The van der Waals surface area contributed by atoms with Crippen molar-refractivity contribution in [1.82, 2.24) is 14.5 Å². The molecule has 0 N–H and O–H groups in total. The van der Waals surface area contributed by atoms with Gasteiger partial charge < -0.3 is 14.2 Å². The molecule has 1 aliphatic heterocycles. The van der Waals surface area contributed by atoms with E-state index >= 15 is 0 Å². The quantitative estimate of drug-likeness (QED) is 0.345. The molecule has 4 heterocycles. The normalized spacial score (nSPS) is 15.1. The Morgan fingerprint density at radius 1 is 1.27 bits per heavy atom. The van der Waals surface area contributed by atoms with E-state index in [2.05, 4.69) is 29.8 Å². The lowest BCUT2D eigenvalue weighted by Gasteiger charge is -2.32. The summed E-state index contributed by atoms with van der Waals surface area (Å²) in [6.45, 7) is 5.01. The smallest absolute Gasteiger partial charge is 0.271 e. The first-order valence-electron chi connectivity index (χ1n) is 10.6. The third-order valence-corrected chi connectivity index (χ3v) is 7.69. The summed E-state index contributed by atoms with van der Waals surface area (Å²) in [7, 11) is 3.22. The summed E-state index contributed by atoms with van der Waals surface area (Å²) in [6, 6.07) is 5.57. The fraction of sp³-hybridized carbons (Fsp3) is 0.375. The van der Waals surface area contributed by atoms with Crippen LogP contribution in [0.2, 0.25) is 0 Å². The highest BCUT2D eigenvalue weighted by molar-refractivity contribution is 9.08. The maximum atomic E-state index is 13.5. The Kier molecular flexibility index (Phi) is 5.66. The van der Waals surface area contributed by atoms with Gasteiger partial charge in [0.2, 0.25) is 0 Å². The molecule has 1 aromatic carbocycles. The van der Waals surface area contributed by atoms with Crippen LogP contribution in [0.1, 0.15) is 36.2 Å². The highest BCUT2D eigenvalue weighted by atomic mass is 79.9. The Morgan fingerprint density at radius 3 is 2.82 bits per heavy atom. The SMILES string of the molecule is COc1ccc(Cn2cnc3c(sc4nc5c(c(CBr)c43)COC(C)(C)C5)c2=O)c(OC)c1. The number of halogens is 1. The first-order valence-corrected chi connectivity index (χ1v) is 12.5. The molecule has 33 heavy (non-hydrogen) atoms. The molecule has 0 amide bonds. The van der Waals surface area contributed by atoms with Gasteiger partial charge in [-0.1, -0.05) is 15.9 Å². The third kappa shape index (κ3) is 3.82. The van der Waals surface area contributed by atoms with Gasteiger partial charge in [0.15, 0.2) is 0 Å². The second kappa shape index (κ2) is 8.38. The minimum atomic E-state index is -0.254. The zero-order valence-corrected chi connectivity index (χ0v) is 21.3. The fourth-order valence-electron chi connectivity index (χ4n) is 4.32. The van der Waals surface area contributed by atoms with Crippen molar-refractivity contribution < 1.29 is 14.2 Å². The molecule has 0 atom stereocenters. The molecule has 0 saturated heterocycles. The predicted octanol–water partition coefficient (Wildman–Crippen LogP) is 4.82. The van der Waals surface area contributed by atoms with Crippen LogP contribution in [0.3, 0.4) is 0 Å². The molecule has 0 aliphatic carbocycles. The predicted molar refractivity (Wildman–Crippen MR) is 133 cm³/mol. The summed E-state index contributed by atoms with van der Waals surface area (Å²) in [5.41, 5.74) is 4.49. The van der Waals surface area contributed by atoms with Gasteiger partial charge in [-0.3, -0.25) is 9.36 Å². The second-order valence-electron chi connectivity index (χ2n) is 8.69. The molecule has 0 unspecified atom stereocenters. The molecule has 0 fully saturated rings. The number of hydrogen-bond acceptors (Lipinski definition) is 7. The standard InChI is InChI=1S/C24H24BrN3O4S/c1-24(2)8-17-16(11-32-24)15(9-25)19-20-21(33-22(19)27-17)23(29)28(12-26-20)10-13-5-6-14(30-3)7-18(13)31-4/h5-7,12H,8-11H2,1-4H3. The molecule has 9 heteroatoms. The average Bonchev–Trinajstić information content (AvgIpc) is 3.17. The number of benzene rings is 1. The van der Waals surface area contributed by atoms with Gasteiger partial charge in [-0.25, -0.2) is 9.97 Å². The van der Waals surface area contributed by atoms with Crippen LogP contribution in [0.15, 0.2) is 29.3 Å². The molecular weight excluding hydrogens is 506 g/mol. The lowest BCUT2D eigenvalue weighted by Crippen LogP contribution is -2.33. The van der Waals surface area contributed by atoms with Gasteiger partial charge in [-0.15, -0.1) is 11.3 Å². The van der Waals surface area contributed by atoms with Crippen LogP contribution >= 0.6 is 27.3 Å². The van der Waals surface area contributed by atoms with Crippen molar-refractivity contribution in [2.45, 2.75) is 44.4 Å². The van der Waals surface area contributed by atoms with E-state index in [1.54, 1.807) is 25.1 Å². The van der Waals surface area contributed by atoms with Gasteiger partial charge in [0.05, 0.1) is 50.5 Å². The first-order chi connectivity index (χ1) is 15.8. The van der Waals surface area contributed by atoms with Crippen LogP contribution in [0.5, 0.6) is 11.5 Å². The van der Waals surface area contributed by atoms with Crippen molar-refractivity contribution >= 4 is 47.7 Å². The van der Waals surface area contributed by atoms with Gasteiger partial charge in [-0.05, 0) is 31.5 Å². The summed E-state index contributed by atoms with van der Waals surface area (Å²) in [5.74, 6) is 1.36. The number of rotatable bonds is 5. The van der Waals surface area contributed by atoms with Gasteiger partial charge in [0, 0.05) is 34.3 Å². The molecule has 0 saturated carbocycles. The van der Waals surface area contributed by atoms with Crippen molar-refractivity contribution in [3.05, 3.63) is 57.3 Å². The van der Waals surface area contributed by atoms with Crippen molar-refractivity contribution in [1.29, 1.82) is 0 Å². The van der Waals surface area contributed by atoms with Crippen molar-refractivity contribution in [3.63, 3.8) is 0 Å². The summed E-state index contributed by atoms with van der Waals surface area (Å²) in [5, 5.41) is 1.60. The zero-order valence-electron chi connectivity index (χ0n) is 18.9. The number of thiophene rings is 1. The van der Waals surface area contributed by atoms with E-state index in [1.807, 2.05) is 18.2 Å².